The van der Waals surface area contributed by atoms with Crippen LogP contribution in [0.3, 0.4) is 0 Å². The summed E-state index contributed by atoms with van der Waals surface area (Å²) in [5.41, 5.74) is 4.00. The molecule has 0 aliphatic heterocycles. The predicted octanol–water partition coefficient (Wildman–Crippen LogP) is 5.27. The summed E-state index contributed by atoms with van der Waals surface area (Å²) >= 11 is 3.48. The maximum Gasteiger partial charge on any atom is 0.0998 e. The van der Waals surface area contributed by atoms with E-state index in [-0.39, 0.29) is 0 Å². The van der Waals surface area contributed by atoms with Gasteiger partial charge in [-0.1, -0.05) is 64.5 Å². The standard InChI is InChI=1S/C18H12BrN/c19-11-13-8-9-15(12-20)18(10-13)17-7-3-5-14-4-1-2-6-16(14)17/h1-10H,11H2. The van der Waals surface area contributed by atoms with Gasteiger partial charge in [-0.15, -0.1) is 0 Å². The zero-order valence-electron chi connectivity index (χ0n) is 10.8. The van der Waals surface area contributed by atoms with Crippen LogP contribution in [-0.2, 0) is 5.33 Å². The second-order valence-corrected chi connectivity index (χ2v) is 5.21. The second-order valence-electron chi connectivity index (χ2n) is 4.65. The van der Waals surface area contributed by atoms with E-state index in [0.717, 1.165) is 16.5 Å². The van der Waals surface area contributed by atoms with E-state index in [1.165, 1.54) is 16.3 Å². The topological polar surface area (TPSA) is 23.8 Å². The number of nitrogens with zero attached hydrogens (tertiary/aromatic N) is 1. The molecule has 0 fully saturated rings. The lowest BCUT2D eigenvalue weighted by Crippen LogP contribution is -1.89. The molecule has 3 aromatic carbocycles. The smallest absolute Gasteiger partial charge is 0.0998 e. The van der Waals surface area contributed by atoms with Gasteiger partial charge in [-0.25, -0.2) is 0 Å². The molecule has 0 heterocycles. The first kappa shape index (κ1) is 12.9. The van der Waals surface area contributed by atoms with Gasteiger partial charge in [0.05, 0.1) is 11.6 Å². The minimum absolute atomic E-state index is 0.714. The van der Waals surface area contributed by atoms with Crippen molar-refractivity contribution in [1.29, 1.82) is 5.26 Å². The van der Waals surface area contributed by atoms with Gasteiger partial charge >= 0.3 is 0 Å². The molecule has 0 unspecified atom stereocenters. The lowest BCUT2D eigenvalue weighted by atomic mass is 9.94. The number of halogens is 1. The minimum atomic E-state index is 0.714. The SMILES string of the molecule is N#Cc1ccc(CBr)cc1-c1cccc2ccccc12. The molecule has 96 valence electrons. The van der Waals surface area contributed by atoms with E-state index in [4.69, 9.17) is 0 Å². The molecule has 0 N–H and O–H groups in total. The predicted molar refractivity (Wildman–Crippen MR) is 86.7 cm³/mol. The Hall–Kier alpha value is -2.11. The normalized spacial score (nSPS) is 10.4. The summed E-state index contributed by atoms with van der Waals surface area (Å²) in [5.74, 6) is 0. The molecule has 3 rings (SSSR count). The van der Waals surface area contributed by atoms with Crippen LogP contribution >= 0.6 is 15.9 Å². The number of alkyl halides is 1. The van der Waals surface area contributed by atoms with Crippen LogP contribution in [0, 0.1) is 11.3 Å². The van der Waals surface area contributed by atoms with Gasteiger partial charge in [-0.05, 0) is 34.0 Å². The quantitative estimate of drug-likeness (QED) is 0.589. The second kappa shape index (κ2) is 5.48. The fourth-order valence-corrected chi connectivity index (χ4v) is 2.80. The maximum absolute atomic E-state index is 9.35. The molecule has 0 amide bonds. The van der Waals surface area contributed by atoms with Gasteiger partial charge in [-0.2, -0.15) is 5.26 Å². The van der Waals surface area contributed by atoms with E-state index in [1.54, 1.807) is 0 Å². The van der Waals surface area contributed by atoms with Gasteiger partial charge in [-0.3, -0.25) is 0 Å². The van der Waals surface area contributed by atoms with Crippen LogP contribution in [-0.4, -0.2) is 0 Å². The van der Waals surface area contributed by atoms with Crippen LogP contribution in [0.25, 0.3) is 21.9 Å². The summed E-state index contributed by atoms with van der Waals surface area (Å²) in [7, 11) is 0. The van der Waals surface area contributed by atoms with E-state index < -0.39 is 0 Å². The first-order valence-corrected chi connectivity index (χ1v) is 7.53. The zero-order valence-corrected chi connectivity index (χ0v) is 12.4. The van der Waals surface area contributed by atoms with E-state index in [1.807, 2.05) is 30.3 Å². The number of hydrogen-bond acceptors (Lipinski definition) is 1. The van der Waals surface area contributed by atoms with Crippen molar-refractivity contribution in [3.8, 4) is 17.2 Å². The average Bonchev–Trinajstić information content (AvgIpc) is 2.53. The highest BCUT2D eigenvalue weighted by molar-refractivity contribution is 9.08. The zero-order chi connectivity index (χ0) is 13.9. The Morgan fingerprint density at radius 1 is 0.900 bits per heavy atom. The summed E-state index contributed by atoms with van der Waals surface area (Å²) in [6.45, 7) is 0. The Labute approximate surface area is 126 Å². The molecule has 0 aromatic heterocycles. The molecule has 0 spiro atoms. The van der Waals surface area contributed by atoms with Gasteiger partial charge < -0.3 is 0 Å². The van der Waals surface area contributed by atoms with E-state index in [2.05, 4.69) is 52.3 Å². The molecule has 2 heteroatoms. The number of hydrogen-bond donors (Lipinski definition) is 0. The van der Waals surface area contributed by atoms with Gasteiger partial charge in [0.15, 0.2) is 0 Å². The third kappa shape index (κ3) is 2.21. The number of rotatable bonds is 2. The Balaban J connectivity index is 2.33. The molecule has 0 saturated heterocycles. The van der Waals surface area contributed by atoms with Crippen molar-refractivity contribution in [1.82, 2.24) is 0 Å². The summed E-state index contributed by atoms with van der Waals surface area (Å²) in [5, 5.41) is 12.5. The van der Waals surface area contributed by atoms with Crippen molar-refractivity contribution in [2.75, 3.05) is 0 Å². The summed E-state index contributed by atoms with van der Waals surface area (Å²) < 4.78 is 0. The fraction of sp³-hybridized carbons (Fsp3) is 0.0556. The molecular formula is C18H12BrN. The Bertz CT molecular complexity index is 810. The van der Waals surface area contributed by atoms with Crippen molar-refractivity contribution in [2.45, 2.75) is 5.33 Å². The van der Waals surface area contributed by atoms with Gasteiger partial charge in [0.2, 0.25) is 0 Å². The third-order valence-electron chi connectivity index (χ3n) is 3.44. The Morgan fingerprint density at radius 3 is 2.50 bits per heavy atom. The van der Waals surface area contributed by atoms with Crippen LogP contribution in [0.1, 0.15) is 11.1 Å². The Kier molecular flexibility index (Phi) is 3.54. The van der Waals surface area contributed by atoms with Gasteiger partial charge in [0.1, 0.15) is 0 Å². The molecule has 0 bridgehead atoms. The lowest BCUT2D eigenvalue weighted by molar-refractivity contribution is 1.41. The fourth-order valence-electron chi connectivity index (χ4n) is 2.46. The monoisotopic (exact) mass is 321 g/mol. The molecule has 20 heavy (non-hydrogen) atoms. The van der Waals surface area contributed by atoms with Gasteiger partial charge in [0.25, 0.3) is 0 Å². The van der Waals surface area contributed by atoms with Crippen LogP contribution in [0.5, 0.6) is 0 Å². The van der Waals surface area contributed by atoms with Crippen molar-refractivity contribution in [2.24, 2.45) is 0 Å². The summed E-state index contributed by atoms with van der Waals surface area (Å²) in [4.78, 5) is 0. The van der Waals surface area contributed by atoms with Crippen LogP contribution in [0.2, 0.25) is 0 Å². The number of nitriles is 1. The van der Waals surface area contributed by atoms with Crippen molar-refractivity contribution < 1.29 is 0 Å². The average molecular weight is 322 g/mol. The molecule has 0 radical (unpaired) electrons. The number of benzene rings is 3. The lowest BCUT2D eigenvalue weighted by Gasteiger charge is -2.10. The van der Waals surface area contributed by atoms with Crippen LogP contribution in [0.15, 0.2) is 60.7 Å². The highest BCUT2D eigenvalue weighted by Gasteiger charge is 2.09. The first-order valence-electron chi connectivity index (χ1n) is 6.40. The highest BCUT2D eigenvalue weighted by atomic mass is 79.9. The third-order valence-corrected chi connectivity index (χ3v) is 4.09. The molecule has 0 saturated carbocycles. The largest absolute Gasteiger partial charge is 0.192 e. The van der Waals surface area contributed by atoms with E-state index in [9.17, 15) is 5.26 Å². The minimum Gasteiger partial charge on any atom is -0.192 e. The van der Waals surface area contributed by atoms with Gasteiger partial charge in [0, 0.05) is 10.9 Å². The molecule has 0 aliphatic rings. The molecule has 3 aromatic rings. The van der Waals surface area contributed by atoms with Crippen molar-refractivity contribution in [3.63, 3.8) is 0 Å². The molecular weight excluding hydrogens is 310 g/mol. The molecule has 0 aliphatic carbocycles. The molecule has 1 nitrogen and oxygen atoms in total. The summed E-state index contributed by atoms with van der Waals surface area (Å²) in [6, 6.07) is 22.8. The van der Waals surface area contributed by atoms with Crippen molar-refractivity contribution in [3.05, 3.63) is 71.8 Å². The number of fused-ring (bicyclic) bond motifs is 1. The van der Waals surface area contributed by atoms with Crippen LogP contribution < -0.4 is 0 Å². The Morgan fingerprint density at radius 2 is 1.70 bits per heavy atom. The maximum atomic E-state index is 9.35. The van der Waals surface area contributed by atoms with Crippen LogP contribution in [0.4, 0.5) is 0 Å². The molecule has 0 atom stereocenters. The van der Waals surface area contributed by atoms with Crippen molar-refractivity contribution >= 4 is 26.7 Å². The highest BCUT2D eigenvalue weighted by Crippen LogP contribution is 2.31. The van der Waals surface area contributed by atoms with E-state index in [0.29, 0.717) is 5.56 Å². The first-order chi connectivity index (χ1) is 9.83. The van der Waals surface area contributed by atoms with E-state index >= 15 is 0 Å². The summed E-state index contributed by atoms with van der Waals surface area (Å²) in [6.07, 6.45) is 0.